The highest BCUT2D eigenvalue weighted by molar-refractivity contribution is 7.89. The maximum atomic E-state index is 12.5. The van der Waals surface area contributed by atoms with Gasteiger partial charge in [-0.3, -0.25) is 0 Å². The lowest BCUT2D eigenvalue weighted by Crippen LogP contribution is -2.35. The van der Waals surface area contributed by atoms with Gasteiger partial charge < -0.3 is 4.90 Å². The summed E-state index contributed by atoms with van der Waals surface area (Å²) in [5.74, 6) is 0. The van der Waals surface area contributed by atoms with Gasteiger partial charge in [-0.05, 0) is 31.8 Å². The van der Waals surface area contributed by atoms with Crippen LogP contribution in [0.2, 0.25) is 0 Å². The first-order valence-electron chi connectivity index (χ1n) is 6.76. The molecule has 21 heavy (non-hydrogen) atoms. The van der Waals surface area contributed by atoms with Gasteiger partial charge in [-0.15, -0.1) is 0 Å². The maximum absolute atomic E-state index is 12.5. The molecule has 0 aliphatic carbocycles. The van der Waals surface area contributed by atoms with E-state index in [0.29, 0.717) is 6.54 Å². The second kappa shape index (κ2) is 6.85. The summed E-state index contributed by atoms with van der Waals surface area (Å²) in [4.78, 5) is 2.25. The Balaban J connectivity index is 2.27. The molecule has 2 aromatic carbocycles. The molecule has 0 heterocycles. The molecule has 0 unspecified atom stereocenters. The number of hydrogen-bond acceptors (Lipinski definition) is 3. The number of rotatable bonds is 6. The van der Waals surface area contributed by atoms with Gasteiger partial charge in [0.15, 0.2) is 0 Å². The van der Waals surface area contributed by atoms with Crippen LogP contribution >= 0.6 is 0 Å². The zero-order chi connectivity index (χ0) is 15.3. The van der Waals surface area contributed by atoms with Crippen LogP contribution in [0.5, 0.6) is 0 Å². The van der Waals surface area contributed by atoms with Crippen molar-refractivity contribution in [1.82, 2.24) is 9.62 Å². The van der Waals surface area contributed by atoms with Crippen molar-refractivity contribution in [2.45, 2.75) is 10.9 Å². The lowest BCUT2D eigenvalue weighted by atomic mass is 10.1. The summed E-state index contributed by atoms with van der Waals surface area (Å²) in [6, 6.07) is 17.8. The first kappa shape index (κ1) is 15.7. The zero-order valence-electron chi connectivity index (χ0n) is 12.2. The van der Waals surface area contributed by atoms with Crippen molar-refractivity contribution in [1.29, 1.82) is 0 Å². The average molecular weight is 304 g/mol. The number of sulfonamides is 1. The lowest BCUT2D eigenvalue weighted by molar-refractivity contribution is 0.363. The molecular weight excluding hydrogens is 284 g/mol. The standard InChI is InChI=1S/C16H20N2O2S/c1-18(2)13-16(14-9-5-3-6-10-14)17-21(19,20)15-11-7-4-8-12-15/h3-12,16-17H,13H2,1-2H3/t16-/m0/s1. The fraction of sp³-hybridized carbons (Fsp3) is 0.250. The van der Waals surface area contributed by atoms with Crippen LogP contribution in [-0.2, 0) is 10.0 Å². The minimum absolute atomic E-state index is 0.282. The lowest BCUT2D eigenvalue weighted by Gasteiger charge is -2.22. The number of nitrogens with one attached hydrogen (secondary N) is 1. The van der Waals surface area contributed by atoms with Gasteiger partial charge in [0.25, 0.3) is 0 Å². The van der Waals surface area contributed by atoms with Gasteiger partial charge in [0.1, 0.15) is 0 Å². The van der Waals surface area contributed by atoms with Crippen LogP contribution in [-0.4, -0.2) is 34.0 Å². The molecule has 0 fully saturated rings. The molecule has 0 radical (unpaired) electrons. The Morgan fingerprint density at radius 3 is 2.00 bits per heavy atom. The molecule has 0 saturated carbocycles. The first-order valence-corrected chi connectivity index (χ1v) is 8.24. The minimum Gasteiger partial charge on any atom is -0.307 e. The third kappa shape index (κ3) is 4.39. The third-order valence-corrected chi connectivity index (χ3v) is 4.59. The third-order valence-electron chi connectivity index (χ3n) is 3.10. The topological polar surface area (TPSA) is 49.4 Å². The van der Waals surface area contributed by atoms with Gasteiger partial charge in [0.05, 0.1) is 10.9 Å². The van der Waals surface area contributed by atoms with Gasteiger partial charge >= 0.3 is 0 Å². The van der Waals surface area contributed by atoms with E-state index < -0.39 is 10.0 Å². The van der Waals surface area contributed by atoms with Crippen molar-refractivity contribution in [2.75, 3.05) is 20.6 Å². The van der Waals surface area contributed by atoms with Gasteiger partial charge in [-0.25, -0.2) is 13.1 Å². The molecule has 5 heteroatoms. The molecule has 1 atom stereocenters. The SMILES string of the molecule is CN(C)C[C@H](NS(=O)(=O)c1ccccc1)c1ccccc1. The number of hydrogen-bond donors (Lipinski definition) is 1. The highest BCUT2D eigenvalue weighted by atomic mass is 32.2. The average Bonchev–Trinajstić information content (AvgIpc) is 2.48. The van der Waals surface area contributed by atoms with Gasteiger partial charge in [-0.2, -0.15) is 0 Å². The van der Waals surface area contributed by atoms with E-state index in [1.165, 1.54) is 0 Å². The molecule has 0 saturated heterocycles. The summed E-state index contributed by atoms with van der Waals surface area (Å²) < 4.78 is 27.7. The van der Waals surface area contributed by atoms with Crippen molar-refractivity contribution >= 4 is 10.0 Å². The van der Waals surface area contributed by atoms with Gasteiger partial charge in [-0.1, -0.05) is 48.5 Å². The summed E-state index contributed by atoms with van der Waals surface area (Å²) in [5, 5.41) is 0. The van der Waals surface area contributed by atoms with E-state index in [0.717, 1.165) is 5.56 Å². The number of benzene rings is 2. The van der Waals surface area contributed by atoms with Crippen LogP contribution in [0.3, 0.4) is 0 Å². The molecule has 0 aliphatic heterocycles. The normalized spacial score (nSPS) is 13.3. The Morgan fingerprint density at radius 2 is 1.48 bits per heavy atom. The largest absolute Gasteiger partial charge is 0.307 e. The Labute approximate surface area is 126 Å². The number of likely N-dealkylation sites (N-methyl/N-ethyl adjacent to an activating group) is 1. The van der Waals surface area contributed by atoms with Gasteiger partial charge in [0, 0.05) is 6.54 Å². The molecule has 0 spiro atoms. The fourth-order valence-electron chi connectivity index (χ4n) is 2.12. The van der Waals surface area contributed by atoms with Crippen molar-refractivity contribution < 1.29 is 8.42 Å². The highest BCUT2D eigenvalue weighted by Crippen LogP contribution is 2.17. The van der Waals surface area contributed by atoms with E-state index in [1.807, 2.05) is 49.3 Å². The second-order valence-corrected chi connectivity index (χ2v) is 6.87. The summed E-state index contributed by atoms with van der Waals surface area (Å²) in [6.07, 6.45) is 0. The molecule has 0 amide bonds. The minimum atomic E-state index is -3.53. The molecule has 2 rings (SSSR count). The van der Waals surface area contributed by atoms with Crippen LogP contribution in [0, 0.1) is 0 Å². The first-order chi connectivity index (χ1) is 9.99. The maximum Gasteiger partial charge on any atom is 0.241 e. The smallest absolute Gasteiger partial charge is 0.241 e. The monoisotopic (exact) mass is 304 g/mol. The fourth-order valence-corrected chi connectivity index (χ4v) is 3.35. The summed E-state index contributed by atoms with van der Waals surface area (Å²) >= 11 is 0. The van der Waals surface area contributed by atoms with E-state index in [-0.39, 0.29) is 10.9 Å². The predicted octanol–water partition coefficient (Wildman–Crippen LogP) is 2.27. The molecule has 0 bridgehead atoms. The second-order valence-electron chi connectivity index (χ2n) is 5.16. The summed E-state index contributed by atoms with van der Waals surface area (Å²) in [7, 11) is 0.317. The predicted molar refractivity (Wildman–Crippen MR) is 84.5 cm³/mol. The molecule has 4 nitrogen and oxygen atoms in total. The summed E-state index contributed by atoms with van der Waals surface area (Å²) in [5.41, 5.74) is 0.950. The van der Waals surface area contributed by atoms with Crippen molar-refractivity contribution in [3.8, 4) is 0 Å². The molecule has 2 aromatic rings. The van der Waals surface area contributed by atoms with Crippen LogP contribution in [0.1, 0.15) is 11.6 Å². The molecular formula is C16H20N2O2S. The Morgan fingerprint density at radius 1 is 0.952 bits per heavy atom. The van der Waals surface area contributed by atoms with E-state index in [2.05, 4.69) is 4.72 Å². The van der Waals surface area contributed by atoms with E-state index in [4.69, 9.17) is 0 Å². The highest BCUT2D eigenvalue weighted by Gasteiger charge is 2.21. The quantitative estimate of drug-likeness (QED) is 0.890. The molecule has 0 aliphatic rings. The van der Waals surface area contributed by atoms with Crippen LogP contribution < -0.4 is 4.72 Å². The molecule has 112 valence electrons. The van der Waals surface area contributed by atoms with E-state index in [1.54, 1.807) is 30.3 Å². The molecule has 1 N–H and O–H groups in total. The summed E-state index contributed by atoms with van der Waals surface area (Å²) in [6.45, 7) is 0.593. The van der Waals surface area contributed by atoms with Crippen molar-refractivity contribution in [3.63, 3.8) is 0 Å². The van der Waals surface area contributed by atoms with Crippen LogP contribution in [0.15, 0.2) is 65.6 Å². The van der Waals surface area contributed by atoms with Crippen LogP contribution in [0.4, 0.5) is 0 Å². The Kier molecular flexibility index (Phi) is 5.12. The number of nitrogens with zero attached hydrogens (tertiary/aromatic N) is 1. The Bertz CT molecular complexity index is 655. The van der Waals surface area contributed by atoms with Gasteiger partial charge in [0.2, 0.25) is 10.0 Å². The molecule has 0 aromatic heterocycles. The van der Waals surface area contributed by atoms with Crippen molar-refractivity contribution in [2.24, 2.45) is 0 Å². The van der Waals surface area contributed by atoms with E-state index in [9.17, 15) is 8.42 Å². The van der Waals surface area contributed by atoms with Crippen molar-refractivity contribution in [3.05, 3.63) is 66.2 Å². The van der Waals surface area contributed by atoms with E-state index >= 15 is 0 Å². The zero-order valence-corrected chi connectivity index (χ0v) is 13.0. The Hall–Kier alpha value is -1.69. The van der Waals surface area contributed by atoms with Crippen LogP contribution in [0.25, 0.3) is 0 Å².